The van der Waals surface area contributed by atoms with Gasteiger partial charge < -0.3 is 15.4 Å². The number of benzene rings is 3. The van der Waals surface area contributed by atoms with Crippen molar-refractivity contribution in [1.29, 1.82) is 0 Å². The molecule has 8 nitrogen and oxygen atoms in total. The summed E-state index contributed by atoms with van der Waals surface area (Å²) in [5, 5.41) is 15.6. The van der Waals surface area contributed by atoms with Gasteiger partial charge in [-0.25, -0.2) is 13.2 Å². The number of nitro groups is 1. The van der Waals surface area contributed by atoms with Crippen molar-refractivity contribution in [2.24, 2.45) is 0 Å². The minimum absolute atomic E-state index is 0.0530. The molecule has 0 radical (unpaired) electrons. The molecule has 0 heterocycles. The fraction of sp³-hybridized carbons (Fsp3) is 0.0476. The monoisotopic (exact) mass is 479 g/mol. The van der Waals surface area contributed by atoms with Gasteiger partial charge in [0.15, 0.2) is 17.5 Å². The lowest BCUT2D eigenvalue weighted by atomic mass is 10.2. The van der Waals surface area contributed by atoms with Gasteiger partial charge in [-0.1, -0.05) is 11.6 Å². The van der Waals surface area contributed by atoms with Gasteiger partial charge >= 0.3 is 5.69 Å². The minimum Gasteiger partial charge on any atom is -0.450 e. The molecule has 0 aliphatic rings. The molecule has 0 unspecified atom stereocenters. The number of anilines is 1. The van der Waals surface area contributed by atoms with Crippen LogP contribution in [0.5, 0.6) is 11.5 Å². The Bertz CT molecular complexity index is 1240. The Morgan fingerprint density at radius 1 is 1.00 bits per heavy atom. The van der Waals surface area contributed by atoms with Crippen molar-refractivity contribution >= 4 is 34.8 Å². The molecule has 0 bridgehead atoms. The summed E-state index contributed by atoms with van der Waals surface area (Å²) in [7, 11) is 0. The smallest absolute Gasteiger partial charge is 0.313 e. The number of hydrogen-bond acceptors (Lipinski definition) is 5. The van der Waals surface area contributed by atoms with Crippen molar-refractivity contribution in [2.45, 2.75) is 0 Å². The highest BCUT2D eigenvalue weighted by molar-refractivity contribution is 6.30. The van der Waals surface area contributed by atoms with Gasteiger partial charge in [-0.2, -0.15) is 0 Å². The van der Waals surface area contributed by atoms with E-state index in [-0.39, 0.29) is 27.8 Å². The van der Waals surface area contributed by atoms with Gasteiger partial charge in [0.25, 0.3) is 5.91 Å². The van der Waals surface area contributed by atoms with Crippen LogP contribution in [0.2, 0.25) is 5.02 Å². The Morgan fingerprint density at radius 2 is 1.70 bits per heavy atom. The first kappa shape index (κ1) is 23.5. The number of nitrogens with one attached hydrogen (secondary N) is 2. The normalized spacial score (nSPS) is 10.4. The highest BCUT2D eigenvalue weighted by Gasteiger charge is 2.18. The maximum atomic E-state index is 13.6. The lowest BCUT2D eigenvalue weighted by Gasteiger charge is -2.09. The van der Waals surface area contributed by atoms with E-state index in [1.807, 2.05) is 5.32 Å². The molecule has 0 saturated heterocycles. The molecule has 0 aromatic heterocycles. The number of halogens is 4. The van der Waals surface area contributed by atoms with E-state index < -0.39 is 46.4 Å². The summed E-state index contributed by atoms with van der Waals surface area (Å²) >= 11 is 5.75. The first-order valence-corrected chi connectivity index (χ1v) is 9.47. The molecule has 2 amide bonds. The lowest BCUT2D eigenvalue weighted by Crippen LogP contribution is -2.33. The Balaban J connectivity index is 1.59. The van der Waals surface area contributed by atoms with Crippen LogP contribution in [0.4, 0.5) is 24.5 Å². The summed E-state index contributed by atoms with van der Waals surface area (Å²) in [5.74, 6) is -6.10. The zero-order valence-electron chi connectivity index (χ0n) is 16.4. The van der Waals surface area contributed by atoms with Crippen LogP contribution in [0, 0.1) is 27.6 Å². The first-order valence-electron chi connectivity index (χ1n) is 9.09. The third kappa shape index (κ3) is 5.77. The van der Waals surface area contributed by atoms with Crippen LogP contribution in [0.3, 0.4) is 0 Å². The first-order chi connectivity index (χ1) is 15.7. The van der Waals surface area contributed by atoms with E-state index in [0.29, 0.717) is 6.07 Å². The molecule has 0 aliphatic carbocycles. The molecule has 2 N–H and O–H groups in total. The molecule has 33 heavy (non-hydrogen) atoms. The van der Waals surface area contributed by atoms with Crippen molar-refractivity contribution in [1.82, 2.24) is 5.32 Å². The highest BCUT2D eigenvalue weighted by Crippen LogP contribution is 2.33. The molecule has 0 spiro atoms. The van der Waals surface area contributed by atoms with E-state index in [4.69, 9.17) is 16.3 Å². The van der Waals surface area contributed by atoms with E-state index >= 15 is 0 Å². The summed E-state index contributed by atoms with van der Waals surface area (Å²) < 4.78 is 45.2. The molecule has 12 heteroatoms. The van der Waals surface area contributed by atoms with E-state index in [1.54, 1.807) is 0 Å². The summed E-state index contributed by atoms with van der Waals surface area (Å²) in [6.07, 6.45) is 0. The number of ether oxygens (including phenoxy) is 1. The number of nitro benzene ring substituents is 1. The fourth-order valence-corrected chi connectivity index (χ4v) is 2.77. The summed E-state index contributed by atoms with van der Waals surface area (Å²) in [4.78, 5) is 34.5. The van der Waals surface area contributed by atoms with E-state index in [2.05, 4.69) is 5.32 Å². The van der Waals surface area contributed by atoms with Crippen molar-refractivity contribution in [2.75, 3.05) is 11.9 Å². The molecule has 0 aliphatic heterocycles. The summed E-state index contributed by atoms with van der Waals surface area (Å²) in [6.45, 7) is -0.577. The number of carbonyl (C=O) groups is 2. The van der Waals surface area contributed by atoms with Crippen molar-refractivity contribution in [3.05, 3.63) is 92.7 Å². The maximum absolute atomic E-state index is 13.6. The molecule has 0 atom stereocenters. The minimum atomic E-state index is -1.73. The van der Waals surface area contributed by atoms with Gasteiger partial charge in [-0.05, 0) is 48.5 Å². The molecule has 0 saturated carbocycles. The van der Waals surface area contributed by atoms with Crippen molar-refractivity contribution in [3.63, 3.8) is 0 Å². The van der Waals surface area contributed by atoms with Crippen molar-refractivity contribution < 1.29 is 32.4 Å². The van der Waals surface area contributed by atoms with Crippen LogP contribution < -0.4 is 15.4 Å². The fourth-order valence-electron chi connectivity index (χ4n) is 2.60. The Morgan fingerprint density at radius 3 is 2.36 bits per heavy atom. The second-order valence-electron chi connectivity index (χ2n) is 6.45. The second-order valence-corrected chi connectivity index (χ2v) is 6.89. The van der Waals surface area contributed by atoms with Crippen LogP contribution in [-0.4, -0.2) is 23.3 Å². The van der Waals surface area contributed by atoms with Crippen LogP contribution in [0.25, 0.3) is 0 Å². The third-order valence-electron chi connectivity index (χ3n) is 4.18. The predicted octanol–water partition coefficient (Wildman–Crippen LogP) is 4.83. The number of nitrogens with zero attached hydrogens (tertiary/aromatic N) is 1. The third-order valence-corrected chi connectivity index (χ3v) is 4.42. The van der Waals surface area contributed by atoms with Gasteiger partial charge in [0.2, 0.25) is 11.7 Å². The SMILES string of the molecule is O=C(CNC(=O)c1ccc(Oc2ccc(Cl)cc2[N+](=O)[O-])cc1)Nc1ccc(F)c(F)c1F. The van der Waals surface area contributed by atoms with Crippen LogP contribution in [0.15, 0.2) is 54.6 Å². The number of rotatable bonds is 7. The molecular formula is C21H13ClF3N3O5. The summed E-state index contributed by atoms with van der Waals surface area (Å²) in [6, 6.07) is 10.8. The van der Waals surface area contributed by atoms with E-state index in [0.717, 1.165) is 12.1 Å². The zero-order chi connectivity index (χ0) is 24.1. The summed E-state index contributed by atoms with van der Waals surface area (Å²) in [5.41, 5.74) is -0.793. The Labute approximate surface area is 189 Å². The average Bonchev–Trinajstić information content (AvgIpc) is 2.79. The topological polar surface area (TPSA) is 111 Å². The average molecular weight is 480 g/mol. The highest BCUT2D eigenvalue weighted by atomic mass is 35.5. The number of carbonyl (C=O) groups excluding carboxylic acids is 2. The molecule has 0 fully saturated rings. The molecule has 3 rings (SSSR count). The molecule has 3 aromatic rings. The van der Waals surface area contributed by atoms with E-state index in [9.17, 15) is 32.9 Å². The van der Waals surface area contributed by atoms with Crippen LogP contribution in [0.1, 0.15) is 10.4 Å². The van der Waals surface area contributed by atoms with E-state index in [1.165, 1.54) is 36.4 Å². The molecule has 3 aromatic carbocycles. The van der Waals surface area contributed by atoms with Crippen LogP contribution in [-0.2, 0) is 4.79 Å². The predicted molar refractivity (Wildman–Crippen MR) is 112 cm³/mol. The van der Waals surface area contributed by atoms with Gasteiger partial charge in [0.1, 0.15) is 5.75 Å². The number of hydrogen-bond donors (Lipinski definition) is 2. The van der Waals surface area contributed by atoms with Gasteiger partial charge in [-0.3, -0.25) is 19.7 Å². The second kappa shape index (κ2) is 10.0. The number of amides is 2. The van der Waals surface area contributed by atoms with Gasteiger partial charge in [-0.15, -0.1) is 0 Å². The zero-order valence-corrected chi connectivity index (χ0v) is 17.2. The van der Waals surface area contributed by atoms with Gasteiger partial charge in [0.05, 0.1) is 17.2 Å². The van der Waals surface area contributed by atoms with Crippen LogP contribution >= 0.6 is 11.6 Å². The largest absolute Gasteiger partial charge is 0.450 e. The maximum Gasteiger partial charge on any atom is 0.313 e. The van der Waals surface area contributed by atoms with Gasteiger partial charge in [0, 0.05) is 16.7 Å². The molecular weight excluding hydrogens is 467 g/mol. The Kier molecular flexibility index (Phi) is 7.13. The Hall–Kier alpha value is -4.12. The van der Waals surface area contributed by atoms with Crippen molar-refractivity contribution in [3.8, 4) is 11.5 Å². The standard InChI is InChI=1S/C21H13ClF3N3O5/c22-12-3-8-17(16(9-12)28(31)32)33-13-4-1-11(2-5-13)21(30)26-10-18(29)27-15-7-6-14(23)19(24)20(15)25/h1-9H,10H2,(H,26,30)(H,27,29). The lowest BCUT2D eigenvalue weighted by molar-refractivity contribution is -0.385. The molecule has 170 valence electrons. The quantitative estimate of drug-likeness (QED) is 0.286.